The molecular formula is C71H106N4O18S. The summed E-state index contributed by atoms with van der Waals surface area (Å²) in [6.45, 7) is 14.0. The summed E-state index contributed by atoms with van der Waals surface area (Å²) in [7, 11) is 1.90. The zero-order valence-electron chi connectivity index (χ0n) is 57.1. The molecule has 1 aliphatic carbocycles. The zero-order chi connectivity index (χ0) is 69.2. The Morgan fingerprint density at radius 1 is 0.830 bits per heavy atom. The van der Waals surface area contributed by atoms with E-state index in [1.165, 1.54) is 51.8 Å². The third-order valence-electron chi connectivity index (χ3n) is 19.1. The van der Waals surface area contributed by atoms with Crippen LogP contribution in [-0.2, 0) is 68.9 Å². The molecule has 2 aromatic carbocycles. The van der Waals surface area contributed by atoms with Crippen molar-refractivity contribution in [3.8, 4) is 5.75 Å². The molecule has 22 nitrogen and oxygen atoms in total. The van der Waals surface area contributed by atoms with E-state index in [0.29, 0.717) is 56.3 Å². The lowest BCUT2D eigenvalue weighted by molar-refractivity contribution is -0.302. The molecule has 2 bridgehead atoms. The molecule has 94 heavy (non-hydrogen) atoms. The number of piperidine rings is 1. The van der Waals surface area contributed by atoms with Crippen LogP contribution in [0.2, 0.25) is 0 Å². The number of hydrogen-bond donors (Lipinski definition) is 6. The zero-order valence-corrected chi connectivity index (χ0v) is 58.0. The second-order valence-electron chi connectivity index (χ2n) is 27.0. The van der Waals surface area contributed by atoms with Gasteiger partial charge >= 0.3 is 5.97 Å². The van der Waals surface area contributed by atoms with Gasteiger partial charge < -0.3 is 64.4 Å². The molecule has 0 aromatic heterocycles. The highest BCUT2D eigenvalue weighted by Crippen LogP contribution is 2.40. The number of Topliss-reactive ketones (excluding diaryl/α,β-unsaturated/α-hetero) is 2. The molecule has 1 saturated carbocycles. The number of ether oxygens (including phenoxy) is 6. The first kappa shape index (κ1) is 77.3. The molecule has 4 aliphatic rings. The van der Waals surface area contributed by atoms with E-state index in [1.807, 2.05) is 70.2 Å². The summed E-state index contributed by atoms with van der Waals surface area (Å²) in [4.78, 5) is 87.1. The van der Waals surface area contributed by atoms with Gasteiger partial charge in [0.25, 0.3) is 11.7 Å². The Balaban J connectivity index is 1.21. The number of aliphatic hydroxyl groups excluding tert-OH is 3. The van der Waals surface area contributed by atoms with Gasteiger partial charge in [0.05, 0.1) is 54.7 Å². The predicted molar refractivity (Wildman–Crippen MR) is 353 cm³/mol. The highest BCUT2D eigenvalue weighted by atomic mass is 32.2. The predicted octanol–water partition coefficient (Wildman–Crippen LogP) is 6.74. The molecule has 6 rings (SSSR count). The maximum Gasteiger partial charge on any atom is 0.329 e. The Morgan fingerprint density at radius 3 is 2.15 bits per heavy atom. The highest BCUT2D eigenvalue weighted by Gasteiger charge is 2.57. The number of allylic oxidation sites excluding steroid dienone is 5. The molecular weight excluding hydrogens is 1230 g/mol. The van der Waals surface area contributed by atoms with E-state index in [9.17, 15) is 57.6 Å². The minimum absolute atomic E-state index is 0.0173. The molecule has 6 N–H and O–H groups in total. The fraction of sp³-hybridized carbons (Fsp3) is 0.662. The van der Waals surface area contributed by atoms with Crippen LogP contribution in [0, 0.1) is 35.5 Å². The number of nitrogens with one attached hydrogen (secondary N) is 2. The van der Waals surface area contributed by atoms with Crippen LogP contribution in [-0.4, -0.2) is 194 Å². The van der Waals surface area contributed by atoms with Gasteiger partial charge in [0.2, 0.25) is 27.6 Å². The van der Waals surface area contributed by atoms with Crippen LogP contribution in [0.1, 0.15) is 144 Å². The van der Waals surface area contributed by atoms with E-state index >= 15 is 0 Å². The van der Waals surface area contributed by atoms with Gasteiger partial charge in [-0.05, 0) is 151 Å². The van der Waals surface area contributed by atoms with Crippen LogP contribution in [0.4, 0.5) is 0 Å². The molecule has 2 saturated heterocycles. The maximum absolute atomic E-state index is 14.8. The molecule has 524 valence electrons. The van der Waals surface area contributed by atoms with E-state index in [2.05, 4.69) is 10.6 Å². The molecule has 3 amide bonds. The molecule has 17 atom stereocenters. The van der Waals surface area contributed by atoms with Gasteiger partial charge in [-0.3, -0.25) is 24.0 Å². The number of carbonyl (C=O) groups is 6. The lowest BCUT2D eigenvalue weighted by Gasteiger charge is -2.47. The van der Waals surface area contributed by atoms with Gasteiger partial charge in [0.1, 0.15) is 35.8 Å². The topological polar surface area (TPSA) is 303 Å². The van der Waals surface area contributed by atoms with Gasteiger partial charge in [0, 0.05) is 71.6 Å². The van der Waals surface area contributed by atoms with E-state index in [0.717, 1.165) is 16.0 Å². The first-order chi connectivity index (χ1) is 44.5. The number of hydrogen-bond acceptors (Lipinski definition) is 18. The number of ketones is 2. The standard InChI is InChI=1S/C71H106N4O18S/c1-43(2)41-74(94(86,87)54-29-27-53(88-9)28-30-54)42-60(79)55(38-50-21-15-13-16-22-50)73-68(82)49(8)72-64(80)25-18-14-17-23-52-34-44(3)33-45(4)35-62(90-11)66-63(91-12)37-47(6)71(85,93-66)67(81)69(83)75-32-20-19-24-56(75)70(84)92-65(48(7)58(77)40-59(52)78)46(5)36-51-26-31-57(76)61(39-51)89-10/h13-17,21-22,27-30,34,36,43,45,47-49,51-52,55-58,60-63,65-66,76-77,79,85H,18-20,23-26,31-33,35,37-42H2,1-12H3,(H,72,80)(H,73,82)/b17-14+,44-34+,46-36+/t45-,47+,48+,49?,51-,52+,55-,56-,57+,58-,60+,61+,62-,63-,65+,66+,71+/m0/s1. The minimum atomic E-state index is -4.10. The number of aliphatic hydroxyl groups is 4. The molecule has 0 spiro atoms. The van der Waals surface area contributed by atoms with Crippen molar-refractivity contribution < 1.29 is 86.0 Å². The number of methoxy groups -OCH3 is 4. The van der Waals surface area contributed by atoms with Gasteiger partial charge in [-0.1, -0.05) is 94.8 Å². The number of sulfonamides is 1. The summed E-state index contributed by atoms with van der Waals surface area (Å²) in [5, 5.41) is 52.6. The van der Waals surface area contributed by atoms with Crippen LogP contribution >= 0.6 is 0 Å². The van der Waals surface area contributed by atoms with Crippen molar-refractivity contribution in [2.45, 2.75) is 223 Å². The summed E-state index contributed by atoms with van der Waals surface area (Å²) in [6.07, 6.45) is 3.91. The normalized spacial score (nSPS) is 30.7. The Hall–Kier alpha value is -5.73. The van der Waals surface area contributed by atoms with Crippen molar-refractivity contribution in [3.05, 3.63) is 95.6 Å². The highest BCUT2D eigenvalue weighted by molar-refractivity contribution is 7.89. The summed E-state index contributed by atoms with van der Waals surface area (Å²) in [5.74, 6) is -9.51. The summed E-state index contributed by atoms with van der Waals surface area (Å²) in [6, 6.07) is 11.8. The van der Waals surface area contributed by atoms with Crippen molar-refractivity contribution in [3.63, 3.8) is 0 Å². The third kappa shape index (κ3) is 20.9. The van der Waals surface area contributed by atoms with E-state index in [-0.39, 0.29) is 93.0 Å². The molecule has 23 heteroatoms. The lowest BCUT2D eigenvalue weighted by Crippen LogP contribution is -2.64. The summed E-state index contributed by atoms with van der Waals surface area (Å²) >= 11 is 0. The summed E-state index contributed by atoms with van der Waals surface area (Å²) < 4.78 is 64.7. The number of rotatable bonds is 23. The third-order valence-corrected chi connectivity index (χ3v) is 20.9. The van der Waals surface area contributed by atoms with Gasteiger partial charge in [-0.2, -0.15) is 4.31 Å². The number of cyclic esters (lactones) is 1. The van der Waals surface area contributed by atoms with Gasteiger partial charge in [0.15, 0.2) is 0 Å². The average Bonchev–Trinajstić information content (AvgIpc) is 0.776. The Morgan fingerprint density at radius 2 is 1.50 bits per heavy atom. The van der Waals surface area contributed by atoms with Gasteiger partial charge in [-0.15, -0.1) is 0 Å². The molecule has 3 fully saturated rings. The van der Waals surface area contributed by atoms with E-state index in [4.69, 9.17) is 28.4 Å². The van der Waals surface area contributed by atoms with Crippen molar-refractivity contribution in [1.29, 1.82) is 0 Å². The molecule has 0 radical (unpaired) electrons. The number of fused-ring (bicyclic) bond motifs is 3. The van der Waals surface area contributed by atoms with Crippen molar-refractivity contribution >= 4 is 45.3 Å². The fourth-order valence-electron chi connectivity index (χ4n) is 13.6. The maximum atomic E-state index is 14.8. The molecule has 3 heterocycles. The molecule has 1 unspecified atom stereocenters. The van der Waals surface area contributed by atoms with Crippen molar-refractivity contribution in [1.82, 2.24) is 19.8 Å². The Labute approximate surface area is 556 Å². The molecule has 2 aromatic rings. The first-order valence-corrected chi connectivity index (χ1v) is 34.9. The largest absolute Gasteiger partial charge is 0.497 e. The van der Waals surface area contributed by atoms with Crippen LogP contribution in [0.3, 0.4) is 0 Å². The summed E-state index contributed by atoms with van der Waals surface area (Å²) in [5.41, 5.74) is 2.19. The van der Waals surface area contributed by atoms with Crippen LogP contribution in [0.15, 0.2) is 94.9 Å². The monoisotopic (exact) mass is 1330 g/mol. The van der Waals surface area contributed by atoms with Crippen LogP contribution in [0.25, 0.3) is 0 Å². The van der Waals surface area contributed by atoms with E-state index < -0.39 is 130 Å². The van der Waals surface area contributed by atoms with E-state index in [1.54, 1.807) is 45.1 Å². The fourth-order valence-corrected chi connectivity index (χ4v) is 15.2. The second kappa shape index (κ2) is 36.0. The number of nitrogens with zero attached hydrogens (tertiary/aromatic N) is 2. The first-order valence-electron chi connectivity index (χ1n) is 33.4. The number of amides is 3. The SMILES string of the molecule is COc1ccc(S(=O)(=O)N(CC(C)C)C[C@@H](O)[C@H](Cc2ccccc2)NC(=O)C(C)NC(=O)CC/C=C/C[C@@H]2/C=C(\C)C[C@H](C)C[C@H](OC)[C@H]3O[C@@](O)(C(=O)C(=O)N4CCCC[C@H]4C(=O)O[C@H](/C(C)=C/[C@@H]4CC[C@@H](O)[C@H](OC)C4)[C@H](C)[C@@H](O)CC2=O)[C@H](C)C[C@@H]3OC)cc1. The van der Waals surface area contributed by atoms with Crippen molar-refractivity contribution in [2.24, 2.45) is 35.5 Å². The minimum Gasteiger partial charge on any atom is -0.497 e. The lowest BCUT2D eigenvalue weighted by atomic mass is 9.81. The van der Waals surface area contributed by atoms with Crippen LogP contribution < -0.4 is 15.4 Å². The number of carbonyl (C=O) groups excluding carboxylic acids is 6. The molecule has 3 aliphatic heterocycles. The number of benzene rings is 2. The Kier molecular flexibility index (Phi) is 29.6. The average molecular weight is 1340 g/mol. The quantitative estimate of drug-likeness (QED) is 0.0381. The second-order valence-corrected chi connectivity index (χ2v) is 29.0. The van der Waals surface area contributed by atoms with Gasteiger partial charge in [-0.25, -0.2) is 13.2 Å². The Bertz CT molecular complexity index is 3030. The smallest absolute Gasteiger partial charge is 0.329 e. The van der Waals surface area contributed by atoms with Crippen molar-refractivity contribution in [2.75, 3.05) is 48.1 Å². The van der Waals surface area contributed by atoms with Crippen LogP contribution in [0.5, 0.6) is 5.75 Å². The number of esters is 1.